The van der Waals surface area contributed by atoms with Gasteiger partial charge >= 0.3 is 0 Å². The van der Waals surface area contributed by atoms with Crippen LogP contribution in [-0.2, 0) is 6.61 Å². The fraction of sp³-hybridized carbons (Fsp3) is 0.111. The molecule has 0 unspecified atom stereocenters. The van der Waals surface area contributed by atoms with Crippen molar-refractivity contribution in [3.05, 3.63) is 113 Å². The molecule has 0 fully saturated rings. The van der Waals surface area contributed by atoms with E-state index in [0.717, 1.165) is 33.6 Å². The molecule has 0 radical (unpaired) electrons. The van der Waals surface area contributed by atoms with Crippen LogP contribution in [-0.4, -0.2) is 24.2 Å². The van der Waals surface area contributed by atoms with Crippen LogP contribution in [0.1, 0.15) is 16.7 Å². The van der Waals surface area contributed by atoms with Crippen LogP contribution in [0.15, 0.2) is 91.3 Å². The SMILES string of the molecule is COc1cccc(C2=CN(C)C=CC=C2c2ccc(OCc3ccc(Cl)cc3)cc2O)c1. The van der Waals surface area contributed by atoms with Gasteiger partial charge < -0.3 is 19.5 Å². The van der Waals surface area contributed by atoms with Crippen molar-refractivity contribution in [2.24, 2.45) is 0 Å². The van der Waals surface area contributed by atoms with E-state index in [1.807, 2.05) is 97.2 Å². The van der Waals surface area contributed by atoms with E-state index < -0.39 is 0 Å². The highest BCUT2D eigenvalue weighted by Crippen LogP contribution is 2.39. The van der Waals surface area contributed by atoms with Crippen molar-refractivity contribution in [1.29, 1.82) is 0 Å². The third-order valence-corrected chi connectivity index (χ3v) is 5.42. The fourth-order valence-electron chi connectivity index (χ4n) is 3.51. The summed E-state index contributed by atoms with van der Waals surface area (Å²) in [5.74, 6) is 1.52. The lowest BCUT2D eigenvalue weighted by atomic mass is 9.92. The molecule has 1 aliphatic rings. The molecular weight excluding hydrogens is 422 g/mol. The molecular formula is C27H24ClNO3. The molecule has 3 aromatic carbocycles. The second-order valence-corrected chi connectivity index (χ2v) is 7.89. The number of allylic oxidation sites excluding steroid dienone is 4. The first-order chi connectivity index (χ1) is 15.5. The maximum Gasteiger partial charge on any atom is 0.127 e. The number of rotatable bonds is 6. The number of hydrogen-bond acceptors (Lipinski definition) is 4. The number of nitrogens with zero attached hydrogens (tertiary/aromatic N) is 1. The predicted octanol–water partition coefficient (Wildman–Crippen LogP) is 6.52. The van der Waals surface area contributed by atoms with Gasteiger partial charge in [-0.3, -0.25) is 0 Å². The van der Waals surface area contributed by atoms with Gasteiger partial charge in [0.1, 0.15) is 23.9 Å². The first kappa shape index (κ1) is 21.6. The van der Waals surface area contributed by atoms with Gasteiger partial charge in [0.05, 0.1) is 7.11 Å². The van der Waals surface area contributed by atoms with E-state index in [4.69, 9.17) is 21.1 Å². The molecule has 0 aromatic heterocycles. The molecule has 4 nitrogen and oxygen atoms in total. The van der Waals surface area contributed by atoms with Crippen LogP contribution in [0.3, 0.4) is 0 Å². The molecule has 1 aliphatic heterocycles. The third kappa shape index (κ3) is 4.98. The van der Waals surface area contributed by atoms with Crippen molar-refractivity contribution in [2.75, 3.05) is 14.2 Å². The lowest BCUT2D eigenvalue weighted by Gasteiger charge is -2.17. The molecule has 162 valence electrons. The third-order valence-electron chi connectivity index (χ3n) is 5.17. The smallest absolute Gasteiger partial charge is 0.127 e. The molecule has 0 aliphatic carbocycles. The van der Waals surface area contributed by atoms with Crippen molar-refractivity contribution in [3.63, 3.8) is 0 Å². The number of hydrogen-bond donors (Lipinski definition) is 1. The van der Waals surface area contributed by atoms with E-state index in [-0.39, 0.29) is 5.75 Å². The Labute approximate surface area is 193 Å². The Bertz CT molecular complexity index is 1200. The number of phenols is 1. The van der Waals surface area contributed by atoms with Gasteiger partial charge in [0.2, 0.25) is 0 Å². The summed E-state index contributed by atoms with van der Waals surface area (Å²) < 4.78 is 11.3. The first-order valence-electron chi connectivity index (χ1n) is 10.2. The summed E-state index contributed by atoms with van der Waals surface area (Å²) in [5, 5.41) is 11.6. The second kappa shape index (κ2) is 9.67. The molecule has 4 rings (SSSR count). The monoisotopic (exact) mass is 445 g/mol. The molecule has 0 saturated heterocycles. The van der Waals surface area contributed by atoms with Gasteiger partial charge in [-0.15, -0.1) is 0 Å². The highest BCUT2D eigenvalue weighted by Gasteiger charge is 2.17. The van der Waals surface area contributed by atoms with Crippen LogP contribution in [0, 0.1) is 0 Å². The molecule has 0 spiro atoms. The van der Waals surface area contributed by atoms with E-state index in [1.54, 1.807) is 13.2 Å². The van der Waals surface area contributed by atoms with Crippen LogP contribution in [0.2, 0.25) is 5.02 Å². The van der Waals surface area contributed by atoms with Crippen molar-refractivity contribution in [2.45, 2.75) is 6.61 Å². The average Bonchev–Trinajstić information content (AvgIpc) is 3.00. The maximum absolute atomic E-state index is 10.9. The summed E-state index contributed by atoms with van der Waals surface area (Å²) in [5.41, 5.74) is 4.59. The number of methoxy groups -OCH3 is 1. The van der Waals surface area contributed by atoms with Crippen molar-refractivity contribution in [1.82, 2.24) is 4.90 Å². The van der Waals surface area contributed by atoms with Crippen LogP contribution in [0.5, 0.6) is 17.2 Å². The molecule has 0 atom stereocenters. The second-order valence-electron chi connectivity index (χ2n) is 7.46. The lowest BCUT2D eigenvalue weighted by Crippen LogP contribution is -2.02. The molecule has 5 heteroatoms. The van der Waals surface area contributed by atoms with Crippen molar-refractivity contribution < 1.29 is 14.6 Å². The summed E-state index contributed by atoms with van der Waals surface area (Å²) in [4.78, 5) is 1.99. The number of benzene rings is 3. The van der Waals surface area contributed by atoms with Gasteiger partial charge in [-0.05, 0) is 59.2 Å². The van der Waals surface area contributed by atoms with Gasteiger partial charge in [-0.2, -0.15) is 0 Å². The Morgan fingerprint density at radius 3 is 2.50 bits per heavy atom. The summed E-state index contributed by atoms with van der Waals surface area (Å²) in [7, 11) is 3.63. The average molecular weight is 446 g/mol. The standard InChI is InChI=1S/C27H24ClNO3/c1-29-14-4-7-24(26(17-29)20-5-3-6-22(15-20)31-2)25-13-12-23(16-27(25)30)32-18-19-8-10-21(28)11-9-19/h3-17,30H,18H2,1-2H3. The zero-order valence-electron chi connectivity index (χ0n) is 18.0. The van der Waals surface area contributed by atoms with Crippen LogP contribution >= 0.6 is 11.6 Å². The Morgan fingerprint density at radius 2 is 1.75 bits per heavy atom. The molecule has 0 bridgehead atoms. The minimum Gasteiger partial charge on any atom is -0.507 e. The minimum absolute atomic E-state index is 0.150. The van der Waals surface area contributed by atoms with E-state index in [9.17, 15) is 5.11 Å². The highest BCUT2D eigenvalue weighted by atomic mass is 35.5. The fourth-order valence-corrected chi connectivity index (χ4v) is 3.64. The largest absolute Gasteiger partial charge is 0.507 e. The van der Waals surface area contributed by atoms with Crippen LogP contribution in [0.25, 0.3) is 11.1 Å². The van der Waals surface area contributed by atoms with E-state index in [2.05, 4.69) is 0 Å². The van der Waals surface area contributed by atoms with Crippen molar-refractivity contribution >= 4 is 22.7 Å². The Kier molecular flexibility index (Phi) is 6.52. The van der Waals surface area contributed by atoms with E-state index in [1.165, 1.54) is 0 Å². The first-order valence-corrected chi connectivity index (χ1v) is 10.6. The van der Waals surface area contributed by atoms with E-state index >= 15 is 0 Å². The molecule has 3 aromatic rings. The molecule has 1 N–H and O–H groups in total. The molecule has 32 heavy (non-hydrogen) atoms. The zero-order valence-corrected chi connectivity index (χ0v) is 18.7. The van der Waals surface area contributed by atoms with Gasteiger partial charge in [-0.25, -0.2) is 0 Å². The predicted molar refractivity (Wildman–Crippen MR) is 130 cm³/mol. The topological polar surface area (TPSA) is 41.9 Å². The number of aromatic hydroxyl groups is 1. The summed E-state index contributed by atoms with van der Waals surface area (Å²) in [6.45, 7) is 0.390. The van der Waals surface area contributed by atoms with Gasteiger partial charge in [0, 0.05) is 41.7 Å². The molecule has 1 heterocycles. The Morgan fingerprint density at radius 1 is 0.938 bits per heavy atom. The Hall–Kier alpha value is -3.63. The minimum atomic E-state index is 0.150. The van der Waals surface area contributed by atoms with E-state index in [0.29, 0.717) is 17.4 Å². The Balaban J connectivity index is 1.62. The normalized spacial score (nSPS) is 13.3. The number of phenolic OH excluding ortho intramolecular Hbond substituents is 1. The lowest BCUT2D eigenvalue weighted by molar-refractivity contribution is 0.304. The van der Waals surface area contributed by atoms with Crippen molar-refractivity contribution in [3.8, 4) is 17.2 Å². The summed E-state index contributed by atoms with van der Waals surface area (Å²) >= 11 is 5.94. The number of halogens is 1. The summed E-state index contributed by atoms with van der Waals surface area (Å²) in [6.07, 6.45) is 7.96. The van der Waals surface area contributed by atoms with Crippen LogP contribution in [0.4, 0.5) is 0 Å². The molecule has 0 amide bonds. The quantitative estimate of drug-likeness (QED) is 0.469. The zero-order chi connectivity index (χ0) is 22.5. The maximum atomic E-state index is 10.9. The van der Waals surface area contributed by atoms with Gasteiger partial charge in [0.15, 0.2) is 0 Å². The van der Waals surface area contributed by atoms with Crippen LogP contribution < -0.4 is 9.47 Å². The van der Waals surface area contributed by atoms with Gasteiger partial charge in [-0.1, -0.05) is 41.9 Å². The highest BCUT2D eigenvalue weighted by molar-refractivity contribution is 6.30. The summed E-state index contributed by atoms with van der Waals surface area (Å²) in [6, 6.07) is 20.8. The molecule has 0 saturated carbocycles. The number of ether oxygens (including phenoxy) is 2. The van der Waals surface area contributed by atoms with Gasteiger partial charge in [0.25, 0.3) is 0 Å².